The maximum Gasteiger partial charge on any atom is 0.409 e. The Balaban J connectivity index is 1.38. The van der Waals surface area contributed by atoms with Crippen molar-refractivity contribution in [3.8, 4) is 5.75 Å². The highest BCUT2D eigenvalue weighted by molar-refractivity contribution is 6.35. The number of hydrogen-bond acceptors (Lipinski definition) is 12. The molecule has 1 saturated carbocycles. The maximum atomic E-state index is 14.3. The number of carbonyl (C=O) groups excluding carboxylic acids is 5. The molecule has 6 bridgehead atoms. The van der Waals surface area contributed by atoms with Crippen LogP contribution in [0.25, 0.3) is 0 Å². The standard InChI is InChI=1S/C45H65ClN4O12/c1-26-13-12-14-33(58-11)45(56)23-35(60-41(55)48-45)44(7)25-43(6,62-44)34(22-36(51)50(9)31-20-29(19-26)21-32(57-10)37(31)46)59-39(53)27(2)49(8)38(52)30-17-15-28(16-18-30)24-47-40(54)61-42(3,4)5/h12-14,20-21,27-28,30,33-35,56H,15-19,22-25H2,1-11H3,(H,47,54)(H,48,55)/b14-12+,26-13+/t27-,28?,30?,33-,34+,35+,43-,44?,45+/m1/s1. The molecule has 3 fully saturated rings. The number of fused-ring (bicyclic) bond motifs is 6. The van der Waals surface area contributed by atoms with Gasteiger partial charge in [-0.1, -0.05) is 35.4 Å². The smallest absolute Gasteiger partial charge is 0.409 e. The summed E-state index contributed by atoms with van der Waals surface area (Å²) in [7, 11) is 6.04. The lowest BCUT2D eigenvalue weighted by molar-refractivity contribution is -0.328. The molecule has 2 saturated heterocycles. The third kappa shape index (κ3) is 11.2. The van der Waals surface area contributed by atoms with Gasteiger partial charge in [0, 0.05) is 46.5 Å². The van der Waals surface area contributed by atoms with Gasteiger partial charge < -0.3 is 48.6 Å². The van der Waals surface area contributed by atoms with Crippen molar-refractivity contribution in [2.45, 2.75) is 147 Å². The number of nitrogens with one attached hydrogen (secondary N) is 2. The number of nitrogens with zero attached hydrogens (tertiary/aromatic N) is 2. The summed E-state index contributed by atoms with van der Waals surface area (Å²) in [6.07, 6.45) is 3.51. The molecule has 3 N–H and O–H groups in total. The van der Waals surface area contributed by atoms with Crippen LogP contribution in [0.15, 0.2) is 35.9 Å². The van der Waals surface area contributed by atoms with E-state index >= 15 is 0 Å². The number of allylic oxidation sites excluding steroid dienone is 3. The lowest BCUT2D eigenvalue weighted by Crippen LogP contribution is -2.72. The van der Waals surface area contributed by atoms with Crippen molar-refractivity contribution in [3.05, 3.63) is 46.5 Å². The van der Waals surface area contributed by atoms with Gasteiger partial charge in [0.15, 0.2) is 5.72 Å². The fraction of sp³-hybridized carbons (Fsp3) is 0.667. The molecule has 4 heterocycles. The molecular formula is C45H65ClN4O12. The summed E-state index contributed by atoms with van der Waals surface area (Å²) in [5, 5.41) is 17.4. The molecule has 0 radical (unpaired) electrons. The fourth-order valence-electron chi connectivity index (χ4n) is 8.93. The second-order valence-electron chi connectivity index (χ2n) is 18.7. The summed E-state index contributed by atoms with van der Waals surface area (Å²) in [5.41, 5.74) is -2.84. The van der Waals surface area contributed by atoms with E-state index in [4.69, 9.17) is 40.0 Å². The van der Waals surface area contributed by atoms with Crippen LogP contribution in [0.5, 0.6) is 5.75 Å². The van der Waals surface area contributed by atoms with Gasteiger partial charge in [-0.2, -0.15) is 0 Å². The number of hydrogen-bond donors (Lipinski definition) is 3. The number of esters is 1. The predicted molar refractivity (Wildman–Crippen MR) is 231 cm³/mol. The van der Waals surface area contributed by atoms with Gasteiger partial charge in [0.1, 0.15) is 51.9 Å². The van der Waals surface area contributed by atoms with Crippen LogP contribution in [0.3, 0.4) is 0 Å². The van der Waals surface area contributed by atoms with Gasteiger partial charge >= 0.3 is 18.2 Å². The number of ether oxygens (including phenoxy) is 6. The van der Waals surface area contributed by atoms with Gasteiger partial charge in [-0.25, -0.2) is 14.4 Å². The number of anilines is 1. The molecular weight excluding hydrogens is 824 g/mol. The molecule has 7 atom stereocenters. The van der Waals surface area contributed by atoms with Crippen LogP contribution >= 0.6 is 11.6 Å². The fourth-order valence-corrected chi connectivity index (χ4v) is 9.24. The quantitative estimate of drug-likeness (QED) is 0.205. The SMILES string of the molecule is COc1cc2cc(c1Cl)N(C)C(=O)C[C@H](OC(=O)[C@@H](C)N(C)C(=O)C1CCC(CNC(=O)OC(C)(C)C)CC1)[C@@]1(C)CC(C)(O1)[C@@H]1C[C@@](O)(NC(=O)O1)[C@H](OC)/C=C/C=C(\C)C2. The third-order valence-electron chi connectivity index (χ3n) is 12.5. The molecule has 1 aliphatic carbocycles. The Morgan fingerprint density at radius 3 is 2.39 bits per heavy atom. The molecule has 5 aliphatic rings. The topological polar surface area (TPSA) is 191 Å². The number of aliphatic hydroxyl groups is 1. The molecule has 1 aromatic rings. The van der Waals surface area contributed by atoms with Crippen LogP contribution in [0.4, 0.5) is 15.3 Å². The Morgan fingerprint density at radius 1 is 1.11 bits per heavy atom. The van der Waals surface area contributed by atoms with Crippen LogP contribution in [-0.2, 0) is 44.5 Å². The van der Waals surface area contributed by atoms with Crippen molar-refractivity contribution in [1.82, 2.24) is 15.5 Å². The number of methoxy groups -OCH3 is 2. The summed E-state index contributed by atoms with van der Waals surface area (Å²) in [6, 6.07) is 2.55. The number of carbonyl (C=O) groups is 5. The summed E-state index contributed by atoms with van der Waals surface area (Å²) in [4.78, 5) is 70.1. The van der Waals surface area contributed by atoms with Crippen LogP contribution in [-0.4, -0.2) is 122 Å². The van der Waals surface area contributed by atoms with E-state index in [1.807, 2.05) is 13.0 Å². The first-order valence-corrected chi connectivity index (χ1v) is 21.6. The third-order valence-corrected chi connectivity index (χ3v) is 12.9. The summed E-state index contributed by atoms with van der Waals surface area (Å²) in [6.45, 7) is 12.8. The number of halogens is 1. The number of benzene rings is 1. The van der Waals surface area contributed by atoms with Crippen molar-refractivity contribution in [2.24, 2.45) is 11.8 Å². The molecule has 4 amide bonds. The first-order valence-electron chi connectivity index (χ1n) is 21.3. The Morgan fingerprint density at radius 2 is 1.77 bits per heavy atom. The summed E-state index contributed by atoms with van der Waals surface area (Å²) >= 11 is 6.81. The van der Waals surface area contributed by atoms with Crippen LogP contribution in [0.2, 0.25) is 5.02 Å². The van der Waals surface area contributed by atoms with E-state index in [9.17, 15) is 29.1 Å². The molecule has 17 heteroatoms. The van der Waals surface area contributed by atoms with Crippen LogP contribution in [0, 0.1) is 11.8 Å². The Kier molecular flexibility index (Phi) is 15.0. The predicted octanol–water partition coefficient (Wildman–Crippen LogP) is 5.99. The average molecular weight is 889 g/mol. The Hall–Kier alpha value is -4.38. The first kappa shape index (κ1) is 48.6. The molecule has 6 rings (SSSR count). The van der Waals surface area contributed by atoms with E-state index in [0.717, 1.165) is 11.1 Å². The van der Waals surface area contributed by atoms with E-state index < -0.39 is 70.9 Å². The van der Waals surface area contributed by atoms with Gasteiger partial charge in [0.2, 0.25) is 11.8 Å². The Labute approximate surface area is 369 Å². The first-order chi connectivity index (χ1) is 28.9. The largest absolute Gasteiger partial charge is 0.495 e. The van der Waals surface area contributed by atoms with Gasteiger partial charge in [0.05, 0.1) is 19.2 Å². The normalized spacial score (nSPS) is 32.4. The molecule has 4 aliphatic heterocycles. The summed E-state index contributed by atoms with van der Waals surface area (Å²) < 4.78 is 35.1. The van der Waals surface area contributed by atoms with E-state index in [1.165, 1.54) is 24.0 Å². The van der Waals surface area contributed by atoms with Gasteiger partial charge in [-0.15, -0.1) is 0 Å². The number of alkyl carbamates (subject to hydrolysis) is 2. The van der Waals surface area contributed by atoms with E-state index in [0.29, 0.717) is 50.1 Å². The van der Waals surface area contributed by atoms with Crippen LogP contribution in [0.1, 0.15) is 99.0 Å². The molecule has 344 valence electrons. The maximum absolute atomic E-state index is 14.3. The van der Waals surface area contributed by atoms with Crippen molar-refractivity contribution < 1.29 is 57.5 Å². The van der Waals surface area contributed by atoms with E-state index in [1.54, 1.807) is 79.9 Å². The molecule has 1 aromatic carbocycles. The minimum Gasteiger partial charge on any atom is -0.495 e. The minimum absolute atomic E-state index is 0.112. The number of likely N-dealkylation sites (N-methyl/N-ethyl adjacent to an activating group) is 1. The van der Waals surface area contributed by atoms with E-state index in [-0.39, 0.29) is 42.0 Å². The van der Waals surface area contributed by atoms with Gasteiger partial charge in [0.25, 0.3) is 0 Å². The minimum atomic E-state index is -1.87. The average Bonchev–Trinajstić information content (AvgIpc) is 3.18. The zero-order valence-electron chi connectivity index (χ0n) is 37.9. The molecule has 1 unspecified atom stereocenters. The zero-order valence-corrected chi connectivity index (χ0v) is 38.7. The Bertz CT molecular complexity index is 1920. The lowest BCUT2D eigenvalue weighted by Gasteiger charge is -2.59. The molecule has 16 nitrogen and oxygen atoms in total. The lowest BCUT2D eigenvalue weighted by atomic mass is 9.72. The number of rotatable bonds is 8. The highest BCUT2D eigenvalue weighted by Gasteiger charge is 2.63. The molecule has 0 aromatic heterocycles. The van der Waals surface area contributed by atoms with Crippen molar-refractivity contribution in [3.63, 3.8) is 0 Å². The molecule has 62 heavy (non-hydrogen) atoms. The van der Waals surface area contributed by atoms with Crippen molar-refractivity contribution in [1.29, 1.82) is 0 Å². The van der Waals surface area contributed by atoms with Gasteiger partial charge in [-0.3, -0.25) is 14.9 Å². The highest BCUT2D eigenvalue weighted by atomic mass is 35.5. The second-order valence-corrected chi connectivity index (χ2v) is 19.1. The highest BCUT2D eigenvalue weighted by Crippen LogP contribution is 2.50. The number of amides is 4. The van der Waals surface area contributed by atoms with Crippen molar-refractivity contribution >= 4 is 47.3 Å². The second kappa shape index (κ2) is 19.2. The van der Waals surface area contributed by atoms with Crippen molar-refractivity contribution in [2.75, 3.05) is 39.8 Å². The monoisotopic (exact) mass is 888 g/mol. The van der Waals surface area contributed by atoms with Crippen LogP contribution < -0.4 is 20.3 Å². The molecule has 0 spiro atoms. The zero-order chi connectivity index (χ0) is 45.9. The van der Waals surface area contributed by atoms with Gasteiger partial charge in [-0.05, 0) is 104 Å². The van der Waals surface area contributed by atoms with E-state index in [2.05, 4.69) is 10.6 Å². The summed E-state index contributed by atoms with van der Waals surface area (Å²) in [5.74, 6) is -1.18.